The number of aryl methyl sites for hydroxylation is 1. The summed E-state index contributed by atoms with van der Waals surface area (Å²) in [4.78, 5) is 37.1. The highest BCUT2D eigenvalue weighted by Crippen LogP contribution is 2.62. The summed E-state index contributed by atoms with van der Waals surface area (Å²) in [6, 6.07) is 7.66. The molecule has 0 spiro atoms. The minimum absolute atomic E-state index is 0.0378. The predicted molar refractivity (Wildman–Crippen MR) is 109 cm³/mol. The van der Waals surface area contributed by atoms with Crippen molar-refractivity contribution >= 4 is 23.5 Å². The molecule has 6 heteroatoms. The Labute approximate surface area is 171 Å². The number of hydrogen-bond acceptors (Lipinski definition) is 4. The first kappa shape index (κ1) is 19.9. The van der Waals surface area contributed by atoms with Crippen molar-refractivity contribution in [3.63, 3.8) is 0 Å². The number of anilines is 1. The van der Waals surface area contributed by atoms with Gasteiger partial charge in [-0.3, -0.25) is 14.4 Å². The molecule has 2 unspecified atom stereocenters. The van der Waals surface area contributed by atoms with E-state index in [1.807, 2.05) is 24.3 Å². The van der Waals surface area contributed by atoms with Crippen molar-refractivity contribution in [2.45, 2.75) is 64.3 Å². The van der Waals surface area contributed by atoms with Gasteiger partial charge in [-0.2, -0.15) is 0 Å². The van der Waals surface area contributed by atoms with Crippen molar-refractivity contribution in [1.82, 2.24) is 5.32 Å². The van der Waals surface area contributed by atoms with Gasteiger partial charge in [0.2, 0.25) is 5.91 Å². The standard InChI is InChI=1S/C23H30N2O4/c1-3-16-5-4-6-19(8-16)24-20(27)13-29-21(28)22-9-17-7-18(10-22)12-23(11-17,14-22)25-15(2)26/h4-6,8,17-18H,3,7,9-14H2,1-2H3,(H,24,27)(H,25,26). The topological polar surface area (TPSA) is 84.5 Å². The van der Waals surface area contributed by atoms with Crippen LogP contribution in [-0.4, -0.2) is 29.9 Å². The molecular weight excluding hydrogens is 368 g/mol. The van der Waals surface area contributed by atoms with Crippen LogP contribution in [0.1, 0.15) is 57.9 Å². The SMILES string of the molecule is CCc1cccc(NC(=O)COC(=O)C23CC4CC(CC(NC(C)=O)(C4)C2)C3)c1. The van der Waals surface area contributed by atoms with Crippen LogP contribution < -0.4 is 10.6 Å². The van der Waals surface area contributed by atoms with Gasteiger partial charge in [0.1, 0.15) is 0 Å². The average molecular weight is 399 g/mol. The molecule has 1 aromatic carbocycles. The van der Waals surface area contributed by atoms with Crippen molar-refractivity contribution < 1.29 is 19.1 Å². The maximum atomic E-state index is 13.1. The van der Waals surface area contributed by atoms with Crippen LogP contribution in [0.5, 0.6) is 0 Å². The van der Waals surface area contributed by atoms with Crippen molar-refractivity contribution in [1.29, 1.82) is 0 Å². The molecule has 4 fully saturated rings. The van der Waals surface area contributed by atoms with Gasteiger partial charge in [-0.25, -0.2) is 0 Å². The van der Waals surface area contributed by atoms with Crippen molar-refractivity contribution in [3.8, 4) is 0 Å². The van der Waals surface area contributed by atoms with Crippen LogP contribution in [0, 0.1) is 17.3 Å². The summed E-state index contributed by atoms with van der Waals surface area (Å²) in [6.07, 6.45) is 6.17. The second kappa shape index (κ2) is 7.47. The molecule has 4 aliphatic rings. The van der Waals surface area contributed by atoms with Gasteiger partial charge in [0.15, 0.2) is 6.61 Å². The van der Waals surface area contributed by atoms with Gasteiger partial charge in [0, 0.05) is 18.2 Å². The Morgan fingerprint density at radius 1 is 1.14 bits per heavy atom. The average Bonchev–Trinajstić information content (AvgIpc) is 2.64. The molecule has 0 saturated heterocycles. The molecule has 1 aromatic rings. The molecule has 4 saturated carbocycles. The number of ether oxygens (including phenoxy) is 1. The summed E-state index contributed by atoms with van der Waals surface area (Å²) >= 11 is 0. The van der Waals surface area contributed by atoms with Gasteiger partial charge in [0.25, 0.3) is 5.91 Å². The van der Waals surface area contributed by atoms with Gasteiger partial charge in [-0.1, -0.05) is 19.1 Å². The number of amides is 2. The lowest BCUT2D eigenvalue weighted by Gasteiger charge is -2.60. The van der Waals surface area contributed by atoms with E-state index in [0.29, 0.717) is 23.9 Å². The van der Waals surface area contributed by atoms with Gasteiger partial charge >= 0.3 is 5.97 Å². The van der Waals surface area contributed by atoms with Crippen molar-refractivity contribution in [2.24, 2.45) is 17.3 Å². The van der Waals surface area contributed by atoms with E-state index in [-0.39, 0.29) is 29.9 Å². The molecule has 0 aromatic heterocycles. The number of carbonyl (C=O) groups is 3. The summed E-state index contributed by atoms with van der Waals surface area (Å²) in [5.41, 5.74) is 1.01. The molecule has 5 rings (SSSR count). The lowest BCUT2D eigenvalue weighted by atomic mass is 9.47. The third-order valence-electron chi connectivity index (χ3n) is 6.89. The first-order valence-electron chi connectivity index (χ1n) is 10.7. The zero-order valence-electron chi connectivity index (χ0n) is 17.3. The minimum Gasteiger partial charge on any atom is -0.455 e. The molecule has 4 bridgehead atoms. The number of esters is 1. The third-order valence-corrected chi connectivity index (χ3v) is 6.89. The summed E-state index contributed by atoms with van der Waals surface area (Å²) < 4.78 is 5.50. The second-order valence-electron chi connectivity index (χ2n) is 9.38. The highest BCUT2D eigenvalue weighted by atomic mass is 16.5. The predicted octanol–water partition coefficient (Wildman–Crippen LogP) is 3.21. The van der Waals surface area contributed by atoms with Crippen LogP contribution in [0.4, 0.5) is 5.69 Å². The third kappa shape index (κ3) is 4.02. The van der Waals surface area contributed by atoms with Gasteiger partial charge in [-0.05, 0) is 74.5 Å². The summed E-state index contributed by atoms with van der Waals surface area (Å²) in [5, 5.41) is 5.96. The Morgan fingerprint density at radius 2 is 1.86 bits per heavy atom. The van der Waals surface area contributed by atoms with E-state index in [1.165, 1.54) is 0 Å². The maximum absolute atomic E-state index is 13.1. The highest BCUT2D eigenvalue weighted by Gasteiger charge is 2.61. The Bertz CT molecular complexity index is 820. The van der Waals surface area contributed by atoms with Crippen LogP contribution in [0.3, 0.4) is 0 Å². The van der Waals surface area contributed by atoms with E-state index in [2.05, 4.69) is 17.6 Å². The zero-order chi connectivity index (χ0) is 20.6. The van der Waals surface area contributed by atoms with E-state index in [0.717, 1.165) is 44.1 Å². The minimum atomic E-state index is -0.561. The van der Waals surface area contributed by atoms with Gasteiger partial charge in [0.05, 0.1) is 5.41 Å². The first-order chi connectivity index (χ1) is 13.8. The highest BCUT2D eigenvalue weighted by molar-refractivity contribution is 5.93. The fourth-order valence-electron chi connectivity index (χ4n) is 6.37. The molecule has 2 atom stereocenters. The Balaban J connectivity index is 1.39. The van der Waals surface area contributed by atoms with E-state index in [4.69, 9.17) is 4.74 Å². The molecule has 2 amide bonds. The molecule has 6 nitrogen and oxygen atoms in total. The normalized spacial score (nSPS) is 31.9. The quantitative estimate of drug-likeness (QED) is 0.721. The number of carbonyl (C=O) groups excluding carboxylic acids is 3. The van der Waals surface area contributed by atoms with Crippen LogP contribution in [0.2, 0.25) is 0 Å². The Kier molecular flexibility index (Phi) is 5.13. The molecule has 0 radical (unpaired) electrons. The molecule has 0 aliphatic heterocycles. The number of hydrogen-bond donors (Lipinski definition) is 2. The van der Waals surface area contributed by atoms with Crippen molar-refractivity contribution in [3.05, 3.63) is 29.8 Å². The molecule has 4 aliphatic carbocycles. The first-order valence-corrected chi connectivity index (χ1v) is 10.7. The monoisotopic (exact) mass is 398 g/mol. The second-order valence-corrected chi connectivity index (χ2v) is 9.38. The molecule has 0 heterocycles. The van der Waals surface area contributed by atoms with Crippen LogP contribution in [0.25, 0.3) is 0 Å². The van der Waals surface area contributed by atoms with Gasteiger partial charge < -0.3 is 15.4 Å². The summed E-state index contributed by atoms with van der Waals surface area (Å²) in [7, 11) is 0. The maximum Gasteiger partial charge on any atom is 0.312 e. The smallest absolute Gasteiger partial charge is 0.312 e. The lowest BCUT2D eigenvalue weighted by molar-refractivity contribution is -0.176. The number of rotatable bonds is 6. The van der Waals surface area contributed by atoms with Gasteiger partial charge in [-0.15, -0.1) is 0 Å². The molecule has 29 heavy (non-hydrogen) atoms. The molecular formula is C23H30N2O4. The summed E-state index contributed by atoms with van der Waals surface area (Å²) in [5.74, 6) is 0.248. The molecule has 2 N–H and O–H groups in total. The Hall–Kier alpha value is -2.37. The fraction of sp³-hybridized carbons (Fsp3) is 0.609. The molecule has 156 valence electrons. The van der Waals surface area contributed by atoms with E-state index in [1.54, 1.807) is 6.92 Å². The lowest BCUT2D eigenvalue weighted by Crippen LogP contribution is -2.64. The Morgan fingerprint density at radius 3 is 2.52 bits per heavy atom. The fourth-order valence-corrected chi connectivity index (χ4v) is 6.37. The van der Waals surface area contributed by atoms with Crippen LogP contribution >= 0.6 is 0 Å². The van der Waals surface area contributed by atoms with Crippen molar-refractivity contribution in [2.75, 3.05) is 11.9 Å². The van der Waals surface area contributed by atoms with E-state index < -0.39 is 5.41 Å². The zero-order valence-corrected chi connectivity index (χ0v) is 17.3. The van der Waals surface area contributed by atoms with Crippen LogP contribution in [-0.2, 0) is 25.5 Å². The number of benzene rings is 1. The largest absolute Gasteiger partial charge is 0.455 e. The number of nitrogens with one attached hydrogen (secondary N) is 2. The van der Waals surface area contributed by atoms with E-state index in [9.17, 15) is 14.4 Å². The van der Waals surface area contributed by atoms with Crippen LogP contribution in [0.15, 0.2) is 24.3 Å². The van der Waals surface area contributed by atoms with E-state index >= 15 is 0 Å². The summed E-state index contributed by atoms with van der Waals surface area (Å²) in [6.45, 7) is 3.32.